The second-order valence-electron chi connectivity index (χ2n) is 5.19. The number of hydrogen-bond acceptors (Lipinski definition) is 5. The van der Waals surface area contributed by atoms with Crippen molar-refractivity contribution in [1.29, 1.82) is 0 Å². The molecule has 6 heteroatoms. The SMILES string of the molecule is CCC(CC)(OC)[C@@H]1OS(=O)O[C@H]1C(CC)(CC)OC. The van der Waals surface area contributed by atoms with Crippen molar-refractivity contribution in [2.75, 3.05) is 14.2 Å². The number of hydrogen-bond donors (Lipinski definition) is 0. The van der Waals surface area contributed by atoms with Crippen LogP contribution in [-0.4, -0.2) is 41.8 Å². The highest BCUT2D eigenvalue weighted by molar-refractivity contribution is 7.75. The predicted molar refractivity (Wildman–Crippen MR) is 78.5 cm³/mol. The van der Waals surface area contributed by atoms with E-state index in [1.807, 2.05) is 27.7 Å². The van der Waals surface area contributed by atoms with Crippen molar-refractivity contribution < 1.29 is 22.0 Å². The monoisotopic (exact) mass is 308 g/mol. The largest absolute Gasteiger partial charge is 0.375 e. The summed E-state index contributed by atoms with van der Waals surface area (Å²) in [5, 5.41) is 0. The Labute approximate surface area is 125 Å². The van der Waals surface area contributed by atoms with Crippen LogP contribution in [0.3, 0.4) is 0 Å². The van der Waals surface area contributed by atoms with Gasteiger partial charge in [-0.15, -0.1) is 0 Å². The van der Waals surface area contributed by atoms with E-state index in [0.29, 0.717) is 0 Å². The first-order chi connectivity index (χ1) is 9.48. The second-order valence-corrected chi connectivity index (χ2v) is 5.98. The zero-order chi connectivity index (χ0) is 15.4. The first kappa shape index (κ1) is 18.0. The lowest BCUT2D eigenvalue weighted by atomic mass is 9.78. The zero-order valence-electron chi connectivity index (χ0n) is 13.4. The lowest BCUT2D eigenvalue weighted by Crippen LogP contribution is -2.57. The molecular formula is C14H28O5S. The van der Waals surface area contributed by atoms with Crippen molar-refractivity contribution in [3.05, 3.63) is 0 Å². The maximum absolute atomic E-state index is 11.8. The Balaban J connectivity index is 3.19. The maximum atomic E-state index is 11.8. The highest BCUT2D eigenvalue weighted by Gasteiger charge is 2.56. The Kier molecular flexibility index (Phi) is 6.60. The fourth-order valence-electron chi connectivity index (χ4n) is 3.13. The third-order valence-corrected chi connectivity index (χ3v) is 5.61. The first-order valence-electron chi connectivity index (χ1n) is 7.35. The van der Waals surface area contributed by atoms with Crippen LogP contribution in [0.4, 0.5) is 0 Å². The summed E-state index contributed by atoms with van der Waals surface area (Å²) in [5.41, 5.74) is -1.02. The van der Waals surface area contributed by atoms with E-state index in [1.165, 1.54) is 0 Å². The van der Waals surface area contributed by atoms with Gasteiger partial charge in [0.15, 0.2) is 0 Å². The van der Waals surface area contributed by atoms with Gasteiger partial charge in [0.1, 0.15) is 12.2 Å². The van der Waals surface area contributed by atoms with Crippen LogP contribution in [0.2, 0.25) is 0 Å². The summed E-state index contributed by atoms with van der Waals surface area (Å²) in [4.78, 5) is 0. The molecule has 5 nitrogen and oxygen atoms in total. The molecule has 0 unspecified atom stereocenters. The van der Waals surface area contributed by atoms with Crippen molar-refractivity contribution in [1.82, 2.24) is 0 Å². The normalized spacial score (nSPS) is 25.3. The van der Waals surface area contributed by atoms with Gasteiger partial charge in [0, 0.05) is 14.2 Å². The summed E-state index contributed by atoms with van der Waals surface area (Å²) in [5.74, 6) is 0. The fourth-order valence-corrected chi connectivity index (χ4v) is 4.07. The van der Waals surface area contributed by atoms with Gasteiger partial charge in [0.05, 0.1) is 11.2 Å². The van der Waals surface area contributed by atoms with Gasteiger partial charge in [-0.1, -0.05) is 27.7 Å². The van der Waals surface area contributed by atoms with Crippen LogP contribution in [0, 0.1) is 0 Å². The molecule has 0 N–H and O–H groups in total. The molecule has 120 valence electrons. The molecule has 0 radical (unpaired) electrons. The van der Waals surface area contributed by atoms with Gasteiger partial charge in [0.2, 0.25) is 0 Å². The molecular weight excluding hydrogens is 280 g/mol. The van der Waals surface area contributed by atoms with Crippen LogP contribution < -0.4 is 0 Å². The highest BCUT2D eigenvalue weighted by atomic mass is 32.2. The van der Waals surface area contributed by atoms with Crippen molar-refractivity contribution in [2.24, 2.45) is 0 Å². The molecule has 0 aromatic carbocycles. The molecule has 1 heterocycles. The minimum Gasteiger partial charge on any atom is -0.375 e. The molecule has 1 aliphatic rings. The van der Waals surface area contributed by atoms with E-state index < -0.39 is 34.8 Å². The molecule has 1 aliphatic heterocycles. The summed E-state index contributed by atoms with van der Waals surface area (Å²) >= 11 is -1.75. The predicted octanol–water partition coefficient (Wildman–Crippen LogP) is 2.76. The summed E-state index contributed by atoms with van der Waals surface area (Å²) in [6.45, 7) is 8.17. The lowest BCUT2D eigenvalue weighted by molar-refractivity contribution is -0.162. The molecule has 20 heavy (non-hydrogen) atoms. The van der Waals surface area contributed by atoms with Gasteiger partial charge in [-0.05, 0) is 25.7 Å². The summed E-state index contributed by atoms with van der Waals surface area (Å²) in [6, 6.07) is 0. The topological polar surface area (TPSA) is 54.0 Å². The van der Waals surface area contributed by atoms with Crippen LogP contribution in [0.25, 0.3) is 0 Å². The van der Waals surface area contributed by atoms with Gasteiger partial charge >= 0.3 is 11.4 Å². The Morgan fingerprint density at radius 1 is 0.850 bits per heavy atom. The van der Waals surface area contributed by atoms with Gasteiger partial charge in [-0.3, -0.25) is 8.37 Å². The standard InChI is InChI=1S/C14H28O5S/c1-7-13(8-2,16-5)11-12(19-20(15)18-11)14(9-3,10-4)17-6/h11-12H,7-10H2,1-6H3/t11-,12-/m1/s1. The van der Waals surface area contributed by atoms with Crippen molar-refractivity contribution in [2.45, 2.75) is 76.8 Å². The summed E-state index contributed by atoms with van der Waals surface area (Å²) in [7, 11) is 3.34. The molecule has 0 amide bonds. The van der Waals surface area contributed by atoms with Gasteiger partial charge < -0.3 is 9.47 Å². The van der Waals surface area contributed by atoms with Crippen LogP contribution in [0.1, 0.15) is 53.4 Å². The molecule has 2 atom stereocenters. The van der Waals surface area contributed by atoms with Gasteiger partial charge in [-0.25, -0.2) is 0 Å². The van der Waals surface area contributed by atoms with E-state index in [0.717, 1.165) is 25.7 Å². The number of methoxy groups -OCH3 is 2. The molecule has 0 aliphatic carbocycles. The van der Waals surface area contributed by atoms with Gasteiger partial charge in [-0.2, -0.15) is 4.21 Å². The second kappa shape index (κ2) is 7.31. The minimum absolute atomic E-state index is 0.400. The van der Waals surface area contributed by atoms with Crippen molar-refractivity contribution >= 4 is 11.4 Å². The van der Waals surface area contributed by atoms with Crippen molar-refractivity contribution in [3.63, 3.8) is 0 Å². The average Bonchev–Trinajstić information content (AvgIpc) is 2.87. The minimum atomic E-state index is -1.75. The van der Waals surface area contributed by atoms with Gasteiger partial charge in [0.25, 0.3) is 0 Å². The quantitative estimate of drug-likeness (QED) is 0.690. The van der Waals surface area contributed by atoms with Crippen LogP contribution in [-0.2, 0) is 29.2 Å². The molecule has 0 aromatic heterocycles. The Bertz CT molecular complexity index is 279. The van der Waals surface area contributed by atoms with E-state index in [4.69, 9.17) is 17.8 Å². The summed E-state index contributed by atoms with van der Waals surface area (Å²) in [6.07, 6.45) is 2.24. The average molecular weight is 308 g/mol. The fraction of sp³-hybridized carbons (Fsp3) is 1.00. The molecule has 0 saturated carbocycles. The van der Waals surface area contributed by atoms with E-state index in [1.54, 1.807) is 14.2 Å². The first-order valence-corrected chi connectivity index (χ1v) is 8.35. The molecule has 0 spiro atoms. The smallest absolute Gasteiger partial charge is 0.305 e. The third-order valence-electron chi connectivity index (χ3n) is 4.88. The molecule has 1 rings (SSSR count). The molecule has 1 saturated heterocycles. The Morgan fingerprint density at radius 2 is 1.15 bits per heavy atom. The molecule has 1 fully saturated rings. The number of ether oxygens (including phenoxy) is 2. The van der Waals surface area contributed by atoms with Crippen LogP contribution in [0.5, 0.6) is 0 Å². The van der Waals surface area contributed by atoms with E-state index in [-0.39, 0.29) is 0 Å². The van der Waals surface area contributed by atoms with Crippen LogP contribution in [0.15, 0.2) is 0 Å². The Morgan fingerprint density at radius 3 is 1.35 bits per heavy atom. The van der Waals surface area contributed by atoms with Crippen molar-refractivity contribution in [3.8, 4) is 0 Å². The zero-order valence-corrected chi connectivity index (χ0v) is 14.2. The van der Waals surface area contributed by atoms with E-state index >= 15 is 0 Å². The highest BCUT2D eigenvalue weighted by Crippen LogP contribution is 2.42. The van der Waals surface area contributed by atoms with Crippen LogP contribution >= 0.6 is 0 Å². The maximum Gasteiger partial charge on any atom is 0.305 e. The molecule has 0 aromatic rings. The molecule has 0 bridgehead atoms. The third kappa shape index (κ3) is 2.95. The Hall–Kier alpha value is -0.0100. The lowest BCUT2D eigenvalue weighted by Gasteiger charge is -2.43. The van der Waals surface area contributed by atoms with E-state index in [9.17, 15) is 4.21 Å². The van der Waals surface area contributed by atoms with E-state index in [2.05, 4.69) is 0 Å². The summed E-state index contributed by atoms with van der Waals surface area (Å²) < 4.78 is 34.4. The number of rotatable bonds is 8.